The second-order valence-electron chi connectivity index (χ2n) is 5.90. The quantitative estimate of drug-likeness (QED) is 0.664. The van der Waals surface area contributed by atoms with Crippen LogP contribution in [0.2, 0.25) is 0 Å². The molecule has 0 aromatic rings. The molecule has 0 aromatic heterocycles. The van der Waals surface area contributed by atoms with E-state index in [-0.39, 0.29) is 17.0 Å². The van der Waals surface area contributed by atoms with Crippen LogP contribution in [0.5, 0.6) is 0 Å². The van der Waals surface area contributed by atoms with E-state index in [0.29, 0.717) is 0 Å². The molecule has 88 valence electrons. The Morgan fingerprint density at radius 1 is 1.07 bits per heavy atom. The molecule has 0 saturated carbocycles. The van der Waals surface area contributed by atoms with Gasteiger partial charge in [-0.05, 0) is 40.5 Å². The zero-order valence-corrected chi connectivity index (χ0v) is 10.7. The van der Waals surface area contributed by atoms with E-state index in [4.69, 9.17) is 0 Å². The van der Waals surface area contributed by atoms with E-state index in [1.165, 1.54) is 0 Å². The Morgan fingerprint density at radius 2 is 1.47 bits per heavy atom. The number of hydrogen-bond acceptors (Lipinski definition) is 2. The summed E-state index contributed by atoms with van der Waals surface area (Å²) in [5.41, 5.74) is 0.218. The average Bonchev–Trinajstić information content (AvgIpc) is 1.98. The van der Waals surface area contributed by atoms with Gasteiger partial charge in [-0.2, -0.15) is 0 Å². The first-order valence-electron chi connectivity index (χ1n) is 5.77. The molecule has 1 heterocycles. The minimum atomic E-state index is 0.109. The van der Waals surface area contributed by atoms with Crippen LogP contribution in [0.25, 0.3) is 0 Å². The molecule has 3 heteroatoms. The highest BCUT2D eigenvalue weighted by molar-refractivity contribution is 5.73. The first-order valence-corrected chi connectivity index (χ1v) is 5.77. The number of nitrogens with zero attached hydrogens (tertiary/aromatic N) is 1. The fraction of sp³-hybridized carbons (Fsp3) is 0.917. The number of rotatable bonds is 0. The van der Waals surface area contributed by atoms with Crippen molar-refractivity contribution >= 4 is 5.91 Å². The summed E-state index contributed by atoms with van der Waals surface area (Å²) in [6, 6.07) is 0. The zero-order valence-electron chi connectivity index (χ0n) is 10.7. The lowest BCUT2D eigenvalue weighted by Gasteiger charge is -2.42. The highest BCUT2D eigenvalue weighted by atomic mass is 16.2. The summed E-state index contributed by atoms with van der Waals surface area (Å²) in [5.74, 6) is 0.198. The Balaban J connectivity index is 2.73. The molecule has 0 radical (unpaired) electrons. The summed E-state index contributed by atoms with van der Waals surface area (Å²) in [7, 11) is 0. The molecule has 0 atom stereocenters. The number of carbonyl (C=O) groups is 1. The van der Waals surface area contributed by atoms with Crippen LogP contribution in [-0.4, -0.2) is 35.0 Å². The van der Waals surface area contributed by atoms with Gasteiger partial charge in [-0.15, -0.1) is 0 Å². The fourth-order valence-corrected chi connectivity index (χ4v) is 2.30. The smallest absolute Gasteiger partial charge is 0.219 e. The number of hydrogen-bond donors (Lipinski definition) is 1. The molecule has 1 fully saturated rings. The van der Waals surface area contributed by atoms with Gasteiger partial charge in [0.15, 0.2) is 0 Å². The molecule has 0 bridgehead atoms. The second kappa shape index (κ2) is 4.12. The minimum absolute atomic E-state index is 0.109. The summed E-state index contributed by atoms with van der Waals surface area (Å²) in [6.45, 7) is 12.2. The summed E-state index contributed by atoms with van der Waals surface area (Å²) >= 11 is 0. The normalized spacial score (nSPS) is 25.5. The molecule has 1 rings (SSSR count). The lowest BCUT2D eigenvalue weighted by molar-refractivity contribution is -0.129. The van der Waals surface area contributed by atoms with Gasteiger partial charge < -0.3 is 10.2 Å². The third kappa shape index (κ3) is 3.82. The molecular formula is C12H24N2O. The van der Waals surface area contributed by atoms with Crippen LogP contribution in [0, 0.1) is 0 Å². The predicted octanol–water partition coefficient (Wildman–Crippen LogP) is 1.78. The van der Waals surface area contributed by atoms with E-state index in [0.717, 1.165) is 25.9 Å². The Hall–Kier alpha value is -0.570. The largest absolute Gasteiger partial charge is 0.343 e. The molecular weight excluding hydrogens is 188 g/mol. The van der Waals surface area contributed by atoms with E-state index < -0.39 is 0 Å². The topological polar surface area (TPSA) is 32.3 Å². The molecule has 1 aliphatic heterocycles. The highest BCUT2D eigenvalue weighted by Crippen LogP contribution is 2.21. The average molecular weight is 212 g/mol. The summed E-state index contributed by atoms with van der Waals surface area (Å²) in [4.78, 5) is 13.4. The van der Waals surface area contributed by atoms with Gasteiger partial charge in [0, 0.05) is 31.1 Å². The predicted molar refractivity (Wildman–Crippen MR) is 62.8 cm³/mol. The maximum atomic E-state index is 11.4. The fourth-order valence-electron chi connectivity index (χ4n) is 2.30. The van der Waals surface area contributed by atoms with Crippen molar-refractivity contribution in [2.75, 3.05) is 13.1 Å². The molecule has 0 spiro atoms. The SMILES string of the molecule is CC(=O)N1CCC(C)(C)NC(C)(C)CC1. The highest BCUT2D eigenvalue weighted by Gasteiger charge is 2.31. The van der Waals surface area contributed by atoms with Gasteiger partial charge in [0.1, 0.15) is 0 Å². The number of amides is 1. The Kier molecular flexibility index (Phi) is 3.44. The molecule has 15 heavy (non-hydrogen) atoms. The van der Waals surface area contributed by atoms with Gasteiger partial charge in [-0.25, -0.2) is 0 Å². The van der Waals surface area contributed by atoms with Crippen LogP contribution in [0.4, 0.5) is 0 Å². The van der Waals surface area contributed by atoms with Crippen LogP contribution in [0.15, 0.2) is 0 Å². The molecule has 3 nitrogen and oxygen atoms in total. The second-order valence-corrected chi connectivity index (χ2v) is 5.90. The summed E-state index contributed by atoms with van der Waals surface area (Å²) < 4.78 is 0. The van der Waals surface area contributed by atoms with Gasteiger partial charge in [-0.1, -0.05) is 0 Å². The minimum Gasteiger partial charge on any atom is -0.343 e. The van der Waals surface area contributed by atoms with E-state index in [1.807, 2.05) is 4.90 Å². The Bertz CT molecular complexity index is 228. The Morgan fingerprint density at radius 3 is 1.80 bits per heavy atom. The lowest BCUT2D eigenvalue weighted by Crippen LogP contribution is -2.56. The van der Waals surface area contributed by atoms with Crippen LogP contribution in [-0.2, 0) is 4.79 Å². The lowest BCUT2D eigenvalue weighted by atomic mass is 9.90. The molecule has 0 aliphatic carbocycles. The van der Waals surface area contributed by atoms with E-state index >= 15 is 0 Å². The van der Waals surface area contributed by atoms with Gasteiger partial charge in [0.2, 0.25) is 5.91 Å². The maximum Gasteiger partial charge on any atom is 0.219 e. The van der Waals surface area contributed by atoms with Crippen molar-refractivity contribution in [1.82, 2.24) is 10.2 Å². The van der Waals surface area contributed by atoms with Gasteiger partial charge in [-0.3, -0.25) is 4.79 Å². The van der Waals surface area contributed by atoms with Crippen molar-refractivity contribution in [2.24, 2.45) is 0 Å². The first-order chi connectivity index (χ1) is 6.72. The monoisotopic (exact) mass is 212 g/mol. The molecule has 1 aliphatic rings. The molecule has 0 aromatic carbocycles. The van der Waals surface area contributed by atoms with Crippen molar-refractivity contribution in [3.8, 4) is 0 Å². The van der Waals surface area contributed by atoms with Crippen molar-refractivity contribution in [3.63, 3.8) is 0 Å². The molecule has 1 saturated heterocycles. The summed E-state index contributed by atoms with van der Waals surface area (Å²) in [5, 5.41) is 3.66. The number of nitrogens with one attached hydrogen (secondary N) is 1. The molecule has 0 unspecified atom stereocenters. The van der Waals surface area contributed by atoms with Crippen LogP contribution >= 0.6 is 0 Å². The van der Waals surface area contributed by atoms with Crippen molar-refractivity contribution < 1.29 is 4.79 Å². The van der Waals surface area contributed by atoms with E-state index in [1.54, 1.807) is 6.92 Å². The van der Waals surface area contributed by atoms with Crippen molar-refractivity contribution in [1.29, 1.82) is 0 Å². The van der Waals surface area contributed by atoms with Gasteiger partial charge >= 0.3 is 0 Å². The molecule has 1 amide bonds. The van der Waals surface area contributed by atoms with E-state index in [9.17, 15) is 4.79 Å². The first kappa shape index (κ1) is 12.5. The number of carbonyl (C=O) groups excluding carboxylic acids is 1. The van der Waals surface area contributed by atoms with E-state index in [2.05, 4.69) is 33.0 Å². The Labute approximate surface area is 93.2 Å². The van der Waals surface area contributed by atoms with Crippen molar-refractivity contribution in [2.45, 2.75) is 58.5 Å². The maximum absolute atomic E-state index is 11.4. The third-order valence-electron chi connectivity index (χ3n) is 3.14. The zero-order chi connectivity index (χ0) is 11.7. The standard InChI is InChI=1S/C12H24N2O/c1-10(15)14-8-6-11(2,3)13-12(4,5)7-9-14/h13H,6-9H2,1-5H3. The van der Waals surface area contributed by atoms with Crippen LogP contribution in [0.3, 0.4) is 0 Å². The molecule has 1 N–H and O–H groups in total. The van der Waals surface area contributed by atoms with Crippen LogP contribution in [0.1, 0.15) is 47.5 Å². The summed E-state index contributed by atoms with van der Waals surface area (Å²) in [6.07, 6.45) is 2.02. The van der Waals surface area contributed by atoms with Crippen molar-refractivity contribution in [3.05, 3.63) is 0 Å². The third-order valence-corrected chi connectivity index (χ3v) is 3.14. The van der Waals surface area contributed by atoms with Gasteiger partial charge in [0.25, 0.3) is 0 Å². The van der Waals surface area contributed by atoms with Crippen LogP contribution < -0.4 is 5.32 Å². The van der Waals surface area contributed by atoms with Gasteiger partial charge in [0.05, 0.1) is 0 Å².